The number of carbonyl (C=O) groups excluding carboxylic acids is 2. The van der Waals surface area contributed by atoms with E-state index in [0.717, 1.165) is 5.56 Å². The third-order valence-corrected chi connectivity index (χ3v) is 4.25. The molecule has 0 saturated carbocycles. The van der Waals surface area contributed by atoms with Gasteiger partial charge in [-0.15, -0.1) is 0 Å². The van der Waals surface area contributed by atoms with Gasteiger partial charge in [0.25, 0.3) is 0 Å². The average Bonchev–Trinajstić information content (AvgIpc) is 2.53. The van der Waals surface area contributed by atoms with E-state index in [4.69, 9.17) is 9.47 Å². The van der Waals surface area contributed by atoms with Crippen molar-refractivity contribution < 1.29 is 19.1 Å². The van der Waals surface area contributed by atoms with Gasteiger partial charge in [0.1, 0.15) is 6.61 Å². The van der Waals surface area contributed by atoms with E-state index in [2.05, 4.69) is 33.1 Å². The molecule has 1 atom stereocenters. The number of rotatable bonds is 7. The molecule has 0 radical (unpaired) electrons. The predicted octanol–water partition coefficient (Wildman–Crippen LogP) is 3.63. The SMILES string of the molecule is C=CCOc1c(Br)cc([C@H]2NC(=O)NC(C)=C2C(C)=O)cc1OCC. The number of urea groups is 1. The quantitative estimate of drug-likeness (QED) is 0.675. The van der Waals surface area contributed by atoms with Crippen molar-refractivity contribution in [1.29, 1.82) is 0 Å². The number of ether oxygens (including phenoxy) is 2. The number of nitrogens with one attached hydrogen (secondary N) is 2. The predicted molar refractivity (Wildman–Crippen MR) is 98.8 cm³/mol. The van der Waals surface area contributed by atoms with E-state index in [1.165, 1.54) is 6.92 Å². The molecule has 0 aromatic heterocycles. The van der Waals surface area contributed by atoms with E-state index in [0.29, 0.717) is 40.5 Å². The summed E-state index contributed by atoms with van der Waals surface area (Å²) >= 11 is 3.48. The highest BCUT2D eigenvalue weighted by atomic mass is 79.9. The van der Waals surface area contributed by atoms with Crippen molar-refractivity contribution in [2.45, 2.75) is 26.8 Å². The molecule has 2 rings (SSSR count). The fourth-order valence-electron chi connectivity index (χ4n) is 2.71. The largest absolute Gasteiger partial charge is 0.490 e. The van der Waals surface area contributed by atoms with Gasteiger partial charge in [0.15, 0.2) is 17.3 Å². The fraction of sp³-hybridized carbons (Fsp3) is 0.333. The van der Waals surface area contributed by atoms with Gasteiger partial charge in [-0.2, -0.15) is 0 Å². The molecule has 1 aromatic rings. The van der Waals surface area contributed by atoms with Crippen molar-refractivity contribution in [2.75, 3.05) is 13.2 Å². The Kier molecular flexibility index (Phi) is 6.25. The highest BCUT2D eigenvalue weighted by Gasteiger charge is 2.30. The van der Waals surface area contributed by atoms with Crippen LogP contribution in [0, 0.1) is 0 Å². The van der Waals surface area contributed by atoms with E-state index in [1.807, 2.05) is 13.0 Å². The maximum atomic E-state index is 12.1. The van der Waals surface area contributed by atoms with Gasteiger partial charge < -0.3 is 20.1 Å². The molecule has 0 spiro atoms. The van der Waals surface area contributed by atoms with Gasteiger partial charge in [0, 0.05) is 11.3 Å². The Bertz CT molecular complexity index is 743. The molecule has 6 nitrogen and oxygen atoms in total. The summed E-state index contributed by atoms with van der Waals surface area (Å²) < 4.78 is 12.0. The number of allylic oxidation sites excluding steroid dienone is 1. The van der Waals surface area contributed by atoms with Crippen molar-refractivity contribution in [3.63, 3.8) is 0 Å². The average molecular weight is 409 g/mol. The van der Waals surface area contributed by atoms with Crippen LogP contribution in [-0.4, -0.2) is 25.0 Å². The third kappa shape index (κ3) is 4.22. The molecule has 134 valence electrons. The summed E-state index contributed by atoms with van der Waals surface area (Å²) in [7, 11) is 0. The highest BCUT2D eigenvalue weighted by molar-refractivity contribution is 9.10. The standard InChI is InChI=1S/C18H21BrN2O4/c1-5-7-25-17-13(19)8-12(9-14(17)24-6-2)16-15(11(4)22)10(3)20-18(23)21-16/h5,8-9,16H,1,6-7H2,2-4H3,(H2,20,21,23)/t16-/m1/s1. The molecule has 2 amide bonds. The van der Waals surface area contributed by atoms with E-state index < -0.39 is 6.04 Å². The van der Waals surface area contributed by atoms with E-state index in [9.17, 15) is 9.59 Å². The molecule has 1 aliphatic rings. The van der Waals surface area contributed by atoms with Crippen LogP contribution in [0.5, 0.6) is 11.5 Å². The first kappa shape index (κ1) is 19.1. The fourth-order valence-corrected chi connectivity index (χ4v) is 3.28. The zero-order chi connectivity index (χ0) is 18.6. The van der Waals surface area contributed by atoms with Gasteiger partial charge in [0.2, 0.25) is 0 Å². The van der Waals surface area contributed by atoms with Crippen LogP contribution in [0.25, 0.3) is 0 Å². The molecule has 2 N–H and O–H groups in total. The summed E-state index contributed by atoms with van der Waals surface area (Å²) in [5.41, 5.74) is 1.77. The van der Waals surface area contributed by atoms with Gasteiger partial charge in [-0.3, -0.25) is 4.79 Å². The number of halogens is 1. The van der Waals surface area contributed by atoms with Crippen molar-refractivity contribution in [3.05, 3.63) is 46.1 Å². The molecular weight excluding hydrogens is 388 g/mol. The lowest BCUT2D eigenvalue weighted by molar-refractivity contribution is -0.114. The van der Waals surface area contributed by atoms with Crippen LogP contribution >= 0.6 is 15.9 Å². The molecule has 1 aromatic carbocycles. The highest BCUT2D eigenvalue weighted by Crippen LogP contribution is 2.40. The van der Waals surface area contributed by atoms with Gasteiger partial charge in [-0.25, -0.2) is 4.79 Å². The minimum atomic E-state index is -0.560. The Morgan fingerprint density at radius 2 is 2.12 bits per heavy atom. The van der Waals surface area contributed by atoms with Crippen molar-refractivity contribution in [3.8, 4) is 11.5 Å². The monoisotopic (exact) mass is 408 g/mol. The summed E-state index contributed by atoms with van der Waals surface area (Å²) in [5, 5.41) is 5.43. The number of hydrogen-bond acceptors (Lipinski definition) is 4. The van der Waals surface area contributed by atoms with Gasteiger partial charge in [-0.05, 0) is 54.4 Å². The van der Waals surface area contributed by atoms with Crippen LogP contribution in [0.4, 0.5) is 4.79 Å². The van der Waals surface area contributed by atoms with E-state index in [-0.39, 0.29) is 11.8 Å². The Morgan fingerprint density at radius 3 is 2.72 bits per heavy atom. The number of hydrogen-bond donors (Lipinski definition) is 2. The van der Waals surface area contributed by atoms with Crippen molar-refractivity contribution >= 4 is 27.7 Å². The summed E-state index contributed by atoms with van der Waals surface area (Å²) in [4.78, 5) is 24.0. The second-order valence-electron chi connectivity index (χ2n) is 5.49. The molecule has 0 unspecified atom stereocenters. The van der Waals surface area contributed by atoms with Crippen LogP contribution in [0.15, 0.2) is 40.5 Å². The maximum Gasteiger partial charge on any atom is 0.319 e. The number of amides is 2. The molecular formula is C18H21BrN2O4. The molecule has 0 saturated heterocycles. The molecule has 0 fully saturated rings. The van der Waals surface area contributed by atoms with Crippen LogP contribution in [0.1, 0.15) is 32.4 Å². The lowest BCUT2D eigenvalue weighted by atomic mass is 9.93. The molecule has 0 bridgehead atoms. The molecule has 0 aliphatic carbocycles. The minimum absolute atomic E-state index is 0.115. The maximum absolute atomic E-state index is 12.1. The Labute approximate surface area is 155 Å². The summed E-state index contributed by atoms with van der Waals surface area (Å²) in [6, 6.07) is 2.68. The smallest absolute Gasteiger partial charge is 0.319 e. The van der Waals surface area contributed by atoms with Gasteiger partial charge in [-0.1, -0.05) is 12.7 Å². The van der Waals surface area contributed by atoms with Crippen molar-refractivity contribution in [1.82, 2.24) is 10.6 Å². The number of carbonyl (C=O) groups is 2. The topological polar surface area (TPSA) is 76.7 Å². The number of benzene rings is 1. The van der Waals surface area contributed by atoms with Gasteiger partial charge in [0.05, 0.1) is 17.1 Å². The normalized spacial score (nSPS) is 16.8. The second kappa shape index (κ2) is 8.20. The lowest BCUT2D eigenvalue weighted by Crippen LogP contribution is -2.44. The second-order valence-corrected chi connectivity index (χ2v) is 6.34. The lowest BCUT2D eigenvalue weighted by Gasteiger charge is -2.28. The Morgan fingerprint density at radius 1 is 1.40 bits per heavy atom. The zero-order valence-corrected chi connectivity index (χ0v) is 16.0. The van der Waals surface area contributed by atoms with Crippen LogP contribution in [0.3, 0.4) is 0 Å². The molecule has 1 aliphatic heterocycles. The third-order valence-electron chi connectivity index (χ3n) is 3.66. The first-order chi connectivity index (χ1) is 11.9. The Hall–Kier alpha value is -2.28. The summed E-state index contributed by atoms with van der Waals surface area (Å²) in [6.07, 6.45) is 1.64. The zero-order valence-electron chi connectivity index (χ0n) is 14.4. The van der Waals surface area contributed by atoms with E-state index >= 15 is 0 Å². The first-order valence-electron chi connectivity index (χ1n) is 7.88. The summed E-state index contributed by atoms with van der Waals surface area (Å²) in [5.74, 6) is 0.967. The van der Waals surface area contributed by atoms with Crippen LogP contribution in [-0.2, 0) is 4.79 Å². The number of ketones is 1. The van der Waals surface area contributed by atoms with Gasteiger partial charge >= 0.3 is 6.03 Å². The van der Waals surface area contributed by atoms with Crippen molar-refractivity contribution in [2.24, 2.45) is 0 Å². The number of Topliss-reactive ketones (excluding diaryl/α,β-unsaturated/α-hetero) is 1. The van der Waals surface area contributed by atoms with Crippen LogP contribution in [0.2, 0.25) is 0 Å². The van der Waals surface area contributed by atoms with Crippen LogP contribution < -0.4 is 20.1 Å². The Balaban J connectivity index is 2.54. The minimum Gasteiger partial charge on any atom is -0.490 e. The summed E-state index contributed by atoms with van der Waals surface area (Å²) in [6.45, 7) is 9.48. The first-order valence-corrected chi connectivity index (χ1v) is 8.67. The molecule has 25 heavy (non-hydrogen) atoms. The molecule has 1 heterocycles. The van der Waals surface area contributed by atoms with E-state index in [1.54, 1.807) is 19.1 Å². The molecule has 7 heteroatoms.